The number of carbonyl (C=O) groups is 1. The summed E-state index contributed by atoms with van der Waals surface area (Å²) in [5, 5.41) is 7.33. The first-order valence-corrected chi connectivity index (χ1v) is 5.95. The molecule has 0 bridgehead atoms. The van der Waals surface area contributed by atoms with E-state index in [1.807, 2.05) is 26.0 Å². The van der Waals surface area contributed by atoms with Crippen molar-refractivity contribution in [1.82, 2.24) is 10.1 Å². The first-order valence-electron chi connectivity index (χ1n) is 5.95. The molecule has 5 nitrogen and oxygen atoms in total. The number of nitrogens with one attached hydrogen (secondary N) is 2. The summed E-state index contributed by atoms with van der Waals surface area (Å²) in [6.45, 7) is 4.06. The molecule has 5 heteroatoms. The van der Waals surface area contributed by atoms with E-state index in [4.69, 9.17) is 0 Å². The van der Waals surface area contributed by atoms with Crippen LogP contribution in [0.25, 0.3) is 10.9 Å². The zero-order chi connectivity index (χ0) is 13.4. The molecular formula is C14H13N3O2. The van der Waals surface area contributed by atoms with Gasteiger partial charge in [0.1, 0.15) is 12.0 Å². The fourth-order valence-corrected chi connectivity index (χ4v) is 2.07. The van der Waals surface area contributed by atoms with Crippen LogP contribution < -0.4 is 5.32 Å². The second kappa shape index (κ2) is 4.28. The molecule has 3 rings (SSSR count). The van der Waals surface area contributed by atoms with Gasteiger partial charge in [-0.3, -0.25) is 4.79 Å². The molecule has 96 valence electrons. The van der Waals surface area contributed by atoms with Gasteiger partial charge in [0.25, 0.3) is 5.91 Å². The number of aryl methyl sites for hydroxylation is 2. The lowest BCUT2D eigenvalue weighted by atomic mass is 10.1. The van der Waals surface area contributed by atoms with Crippen molar-refractivity contribution in [1.29, 1.82) is 0 Å². The fourth-order valence-electron chi connectivity index (χ4n) is 2.07. The number of anilines is 1. The van der Waals surface area contributed by atoms with Crippen LogP contribution in [-0.2, 0) is 0 Å². The second-order valence-corrected chi connectivity index (χ2v) is 4.50. The van der Waals surface area contributed by atoms with Crippen LogP contribution in [0.5, 0.6) is 0 Å². The van der Waals surface area contributed by atoms with Crippen molar-refractivity contribution in [2.45, 2.75) is 13.8 Å². The predicted octanol–water partition coefficient (Wildman–Crippen LogP) is 3.03. The Morgan fingerprint density at radius 2 is 2.21 bits per heavy atom. The number of fused-ring (bicyclic) bond motifs is 1. The fraction of sp³-hybridized carbons (Fsp3) is 0.143. The van der Waals surface area contributed by atoms with E-state index < -0.39 is 0 Å². The average molecular weight is 255 g/mol. The number of hydrogen-bond acceptors (Lipinski definition) is 3. The number of aromatic amines is 1. The zero-order valence-corrected chi connectivity index (χ0v) is 10.7. The van der Waals surface area contributed by atoms with Crippen LogP contribution in [-0.4, -0.2) is 16.0 Å². The number of nitrogens with zero attached hydrogens (tertiary/aromatic N) is 1. The van der Waals surface area contributed by atoms with Crippen LogP contribution in [0, 0.1) is 13.8 Å². The van der Waals surface area contributed by atoms with Crippen molar-refractivity contribution in [3.05, 3.63) is 47.5 Å². The molecule has 3 aromatic rings. The molecule has 0 unspecified atom stereocenters. The third-order valence-corrected chi connectivity index (χ3v) is 3.26. The normalized spacial score (nSPS) is 10.8. The Morgan fingerprint density at radius 1 is 1.37 bits per heavy atom. The van der Waals surface area contributed by atoms with Gasteiger partial charge in [0, 0.05) is 22.2 Å². The molecule has 0 spiro atoms. The molecule has 0 aliphatic rings. The van der Waals surface area contributed by atoms with E-state index >= 15 is 0 Å². The quantitative estimate of drug-likeness (QED) is 0.739. The van der Waals surface area contributed by atoms with Crippen molar-refractivity contribution in [2.24, 2.45) is 0 Å². The van der Waals surface area contributed by atoms with Crippen LogP contribution >= 0.6 is 0 Å². The summed E-state index contributed by atoms with van der Waals surface area (Å²) >= 11 is 0. The van der Waals surface area contributed by atoms with E-state index in [0.29, 0.717) is 11.3 Å². The third-order valence-electron chi connectivity index (χ3n) is 3.26. The van der Waals surface area contributed by atoms with E-state index in [1.165, 1.54) is 12.5 Å². The number of aromatic nitrogens is 2. The monoisotopic (exact) mass is 255 g/mol. The number of amides is 1. The van der Waals surface area contributed by atoms with Crippen molar-refractivity contribution >= 4 is 22.5 Å². The molecule has 1 aromatic carbocycles. The van der Waals surface area contributed by atoms with E-state index in [-0.39, 0.29) is 5.91 Å². The maximum atomic E-state index is 12.1. The van der Waals surface area contributed by atoms with Gasteiger partial charge in [-0.05, 0) is 37.6 Å². The Morgan fingerprint density at radius 3 is 2.95 bits per heavy atom. The first kappa shape index (κ1) is 11.5. The molecule has 0 atom stereocenters. The van der Waals surface area contributed by atoms with Crippen LogP contribution in [0.15, 0.2) is 35.2 Å². The van der Waals surface area contributed by atoms with Gasteiger partial charge < -0.3 is 14.8 Å². The summed E-state index contributed by atoms with van der Waals surface area (Å²) < 4.78 is 4.67. The molecular weight excluding hydrogens is 242 g/mol. The smallest absolute Gasteiger partial charge is 0.255 e. The summed E-state index contributed by atoms with van der Waals surface area (Å²) in [5.74, 6) is -0.177. The zero-order valence-electron chi connectivity index (χ0n) is 10.7. The number of rotatable bonds is 2. The predicted molar refractivity (Wildman–Crippen MR) is 72.2 cm³/mol. The number of benzene rings is 1. The summed E-state index contributed by atoms with van der Waals surface area (Å²) in [5.41, 5.74) is 4.47. The summed E-state index contributed by atoms with van der Waals surface area (Å²) in [4.78, 5) is 15.4. The average Bonchev–Trinajstić information content (AvgIpc) is 2.99. The lowest BCUT2D eigenvalue weighted by molar-refractivity contribution is 0.102. The maximum Gasteiger partial charge on any atom is 0.255 e. The molecule has 0 saturated carbocycles. The molecule has 2 N–H and O–H groups in total. The van der Waals surface area contributed by atoms with Gasteiger partial charge in [-0.1, -0.05) is 5.16 Å². The highest BCUT2D eigenvalue weighted by Crippen LogP contribution is 2.22. The third kappa shape index (κ3) is 1.99. The minimum absolute atomic E-state index is 0.177. The van der Waals surface area contributed by atoms with Gasteiger partial charge >= 0.3 is 0 Å². The van der Waals surface area contributed by atoms with Gasteiger partial charge in [0.2, 0.25) is 0 Å². The largest absolute Gasteiger partial charge is 0.363 e. The van der Waals surface area contributed by atoms with Crippen LogP contribution in [0.2, 0.25) is 0 Å². The summed E-state index contributed by atoms with van der Waals surface area (Å²) in [6.07, 6.45) is 2.85. The van der Waals surface area contributed by atoms with Gasteiger partial charge in [0.15, 0.2) is 0 Å². The molecule has 0 aliphatic heterocycles. The first-order chi connectivity index (χ1) is 9.15. The highest BCUT2D eigenvalue weighted by molar-refractivity contribution is 6.06. The number of H-pyrrole nitrogens is 1. The lowest BCUT2D eigenvalue weighted by Gasteiger charge is -2.02. The van der Waals surface area contributed by atoms with E-state index in [9.17, 15) is 4.79 Å². The Balaban J connectivity index is 1.96. The van der Waals surface area contributed by atoms with Gasteiger partial charge in [0.05, 0.1) is 6.20 Å². The molecule has 0 fully saturated rings. The topological polar surface area (TPSA) is 70.9 Å². The Kier molecular flexibility index (Phi) is 2.59. The molecule has 0 radical (unpaired) electrons. The molecule has 0 aliphatic carbocycles. The van der Waals surface area contributed by atoms with Crippen LogP contribution in [0.4, 0.5) is 5.69 Å². The number of hydrogen-bond donors (Lipinski definition) is 2. The lowest BCUT2D eigenvalue weighted by Crippen LogP contribution is -2.11. The molecule has 19 heavy (non-hydrogen) atoms. The van der Waals surface area contributed by atoms with Crippen molar-refractivity contribution in [3.8, 4) is 0 Å². The molecule has 1 amide bonds. The highest BCUT2D eigenvalue weighted by atomic mass is 16.5. The van der Waals surface area contributed by atoms with Crippen LogP contribution in [0.1, 0.15) is 21.6 Å². The Bertz CT molecular complexity index is 741. The molecule has 2 heterocycles. The summed E-state index contributed by atoms with van der Waals surface area (Å²) in [6, 6.07) is 5.59. The van der Waals surface area contributed by atoms with Crippen molar-refractivity contribution < 1.29 is 9.32 Å². The SMILES string of the molecule is Cc1[nH]c2ccc(C(=O)Nc3cnoc3)cc2c1C. The Hall–Kier alpha value is -2.56. The molecule has 0 saturated heterocycles. The highest BCUT2D eigenvalue weighted by Gasteiger charge is 2.10. The summed E-state index contributed by atoms with van der Waals surface area (Å²) in [7, 11) is 0. The Labute approximate surface area is 109 Å². The number of carbonyl (C=O) groups excluding carboxylic acids is 1. The second-order valence-electron chi connectivity index (χ2n) is 4.50. The van der Waals surface area contributed by atoms with Crippen molar-refractivity contribution in [3.63, 3.8) is 0 Å². The van der Waals surface area contributed by atoms with Gasteiger partial charge in [-0.2, -0.15) is 0 Å². The van der Waals surface area contributed by atoms with E-state index in [2.05, 4.69) is 20.0 Å². The van der Waals surface area contributed by atoms with Crippen molar-refractivity contribution in [2.75, 3.05) is 5.32 Å². The van der Waals surface area contributed by atoms with E-state index in [1.54, 1.807) is 6.07 Å². The van der Waals surface area contributed by atoms with Crippen LogP contribution in [0.3, 0.4) is 0 Å². The van der Waals surface area contributed by atoms with Gasteiger partial charge in [-0.25, -0.2) is 0 Å². The molecule has 2 aromatic heterocycles. The minimum atomic E-state index is -0.177. The minimum Gasteiger partial charge on any atom is -0.363 e. The standard InChI is InChI=1S/C14H13N3O2/c1-8-9(2)16-13-4-3-10(5-12(8)13)14(18)17-11-6-15-19-7-11/h3-7,16H,1-2H3,(H,17,18). The maximum absolute atomic E-state index is 12.1. The van der Waals surface area contributed by atoms with E-state index in [0.717, 1.165) is 22.2 Å². The van der Waals surface area contributed by atoms with Gasteiger partial charge in [-0.15, -0.1) is 0 Å².